The molecule has 0 aliphatic heterocycles. The van der Waals surface area contributed by atoms with Crippen LogP contribution in [-0.2, 0) is 33.7 Å². The van der Waals surface area contributed by atoms with Gasteiger partial charge in [0, 0.05) is 17.7 Å². The summed E-state index contributed by atoms with van der Waals surface area (Å²) in [5, 5.41) is 14.1. The number of aliphatic hydroxyl groups is 1. The molecule has 0 bridgehead atoms. The number of fused-ring (bicyclic) bond motifs is 1. The summed E-state index contributed by atoms with van der Waals surface area (Å²) in [6.07, 6.45) is 1.01. The highest BCUT2D eigenvalue weighted by Gasteiger charge is 2.29. The molecule has 0 aromatic carbocycles. The number of carbonyl (C=O) groups is 2. The van der Waals surface area contributed by atoms with Crippen LogP contribution in [0.5, 0.6) is 0 Å². The van der Waals surface area contributed by atoms with E-state index in [4.69, 9.17) is 9.47 Å². The van der Waals surface area contributed by atoms with Crippen LogP contribution in [0.15, 0.2) is 0 Å². The molecule has 23 heavy (non-hydrogen) atoms. The summed E-state index contributed by atoms with van der Waals surface area (Å²) in [6, 6.07) is 0. The van der Waals surface area contributed by atoms with Gasteiger partial charge in [0.2, 0.25) is 0 Å². The second-order valence-electron chi connectivity index (χ2n) is 6.13. The van der Waals surface area contributed by atoms with Crippen molar-refractivity contribution in [1.82, 2.24) is 9.78 Å². The van der Waals surface area contributed by atoms with Gasteiger partial charge < -0.3 is 14.6 Å². The molecule has 0 fully saturated rings. The van der Waals surface area contributed by atoms with Crippen molar-refractivity contribution >= 4 is 11.9 Å². The second-order valence-corrected chi connectivity index (χ2v) is 6.13. The van der Waals surface area contributed by atoms with E-state index in [-0.39, 0.29) is 30.7 Å². The largest absolute Gasteiger partial charge is 0.464 e. The number of hydrogen-bond donors (Lipinski definition) is 1. The summed E-state index contributed by atoms with van der Waals surface area (Å²) < 4.78 is 11.7. The van der Waals surface area contributed by atoms with Gasteiger partial charge in [0.1, 0.15) is 6.54 Å². The normalized spacial score (nSPS) is 17.0. The van der Waals surface area contributed by atoms with E-state index >= 15 is 0 Å². The fourth-order valence-electron chi connectivity index (χ4n) is 2.59. The van der Waals surface area contributed by atoms with Gasteiger partial charge in [-0.05, 0) is 25.7 Å². The maximum absolute atomic E-state index is 12.0. The van der Waals surface area contributed by atoms with Crippen molar-refractivity contribution in [3.05, 3.63) is 17.0 Å². The zero-order chi connectivity index (χ0) is 17.0. The van der Waals surface area contributed by atoms with Crippen LogP contribution in [0.25, 0.3) is 0 Å². The summed E-state index contributed by atoms with van der Waals surface area (Å²) in [6.45, 7) is 6.21. The molecule has 0 spiro atoms. The first-order chi connectivity index (χ1) is 10.9. The Morgan fingerprint density at radius 3 is 2.78 bits per heavy atom. The number of carbonyl (C=O) groups excluding carboxylic acids is 2. The van der Waals surface area contributed by atoms with Gasteiger partial charge in [-0.1, -0.05) is 13.8 Å². The quantitative estimate of drug-likeness (QED) is 0.788. The van der Waals surface area contributed by atoms with E-state index in [9.17, 15) is 14.7 Å². The molecule has 1 N–H and O–H groups in total. The van der Waals surface area contributed by atoms with Gasteiger partial charge in [-0.3, -0.25) is 9.48 Å². The highest BCUT2D eigenvalue weighted by Crippen LogP contribution is 2.25. The Bertz CT molecular complexity index is 579. The Labute approximate surface area is 135 Å². The van der Waals surface area contributed by atoms with E-state index in [1.54, 1.807) is 6.92 Å². The van der Waals surface area contributed by atoms with Crippen LogP contribution in [0.1, 0.15) is 48.9 Å². The Morgan fingerprint density at radius 2 is 2.13 bits per heavy atom. The Hall–Kier alpha value is -1.89. The molecule has 1 aromatic heterocycles. The third kappa shape index (κ3) is 4.31. The number of rotatable bonds is 6. The molecule has 0 amide bonds. The second kappa shape index (κ2) is 7.59. The summed E-state index contributed by atoms with van der Waals surface area (Å²) in [4.78, 5) is 24.0. The Morgan fingerprint density at radius 1 is 1.39 bits per heavy atom. The first-order valence-electron chi connectivity index (χ1n) is 8.01. The van der Waals surface area contributed by atoms with E-state index in [0.29, 0.717) is 31.4 Å². The monoisotopic (exact) mass is 324 g/mol. The molecule has 128 valence electrons. The van der Waals surface area contributed by atoms with E-state index in [0.717, 1.165) is 5.69 Å². The van der Waals surface area contributed by atoms with Crippen LogP contribution in [-0.4, -0.2) is 46.1 Å². The molecule has 7 nitrogen and oxygen atoms in total. The predicted octanol–water partition coefficient (Wildman–Crippen LogP) is 1.11. The number of aliphatic hydroxyl groups excluding tert-OH is 1. The third-order valence-electron chi connectivity index (χ3n) is 3.65. The molecular formula is C16H24N2O5. The molecule has 0 saturated carbocycles. The van der Waals surface area contributed by atoms with E-state index < -0.39 is 12.1 Å². The van der Waals surface area contributed by atoms with Crippen molar-refractivity contribution in [2.45, 2.75) is 52.7 Å². The SMILES string of the molecule is CCOC(=O)c1nn(CC(=O)OCC(C)C)c2c1CC(O)CC2. The van der Waals surface area contributed by atoms with Crippen LogP contribution in [0.3, 0.4) is 0 Å². The number of esters is 2. The molecule has 1 aromatic rings. The van der Waals surface area contributed by atoms with Gasteiger partial charge in [0.25, 0.3) is 0 Å². The van der Waals surface area contributed by atoms with Crippen molar-refractivity contribution < 1.29 is 24.2 Å². The minimum atomic E-state index is -0.521. The average molecular weight is 324 g/mol. The fraction of sp³-hybridized carbons (Fsp3) is 0.688. The summed E-state index contributed by atoms with van der Waals surface area (Å²) in [5.74, 6) is -0.645. The average Bonchev–Trinajstić information content (AvgIpc) is 2.83. The van der Waals surface area contributed by atoms with Gasteiger partial charge >= 0.3 is 11.9 Å². The molecule has 2 rings (SSSR count). The molecule has 7 heteroatoms. The number of hydrogen-bond acceptors (Lipinski definition) is 6. The van der Waals surface area contributed by atoms with Crippen molar-refractivity contribution in [3.8, 4) is 0 Å². The summed E-state index contributed by atoms with van der Waals surface area (Å²) in [7, 11) is 0. The molecule has 0 radical (unpaired) electrons. The van der Waals surface area contributed by atoms with Gasteiger partial charge in [0.05, 0.1) is 19.3 Å². The number of nitrogens with zero attached hydrogens (tertiary/aromatic N) is 2. The third-order valence-corrected chi connectivity index (χ3v) is 3.65. The first-order valence-corrected chi connectivity index (χ1v) is 8.01. The lowest BCUT2D eigenvalue weighted by atomic mass is 9.93. The van der Waals surface area contributed by atoms with E-state index in [1.807, 2.05) is 13.8 Å². The lowest BCUT2D eigenvalue weighted by Gasteiger charge is -2.18. The first kappa shape index (κ1) is 17.5. The van der Waals surface area contributed by atoms with Gasteiger partial charge in [-0.2, -0.15) is 5.10 Å². The minimum absolute atomic E-state index is 0.0371. The molecule has 1 atom stereocenters. The lowest BCUT2D eigenvalue weighted by molar-refractivity contribution is -0.145. The molecule has 1 aliphatic rings. The Kier molecular flexibility index (Phi) is 5.76. The number of aromatic nitrogens is 2. The zero-order valence-electron chi connectivity index (χ0n) is 13.9. The maximum Gasteiger partial charge on any atom is 0.359 e. The van der Waals surface area contributed by atoms with Crippen molar-refractivity contribution in [2.24, 2.45) is 5.92 Å². The molecule has 1 heterocycles. The van der Waals surface area contributed by atoms with Crippen molar-refractivity contribution in [3.63, 3.8) is 0 Å². The predicted molar refractivity (Wildman–Crippen MR) is 82.0 cm³/mol. The maximum atomic E-state index is 12.0. The highest BCUT2D eigenvalue weighted by molar-refractivity contribution is 5.89. The smallest absolute Gasteiger partial charge is 0.359 e. The van der Waals surface area contributed by atoms with E-state index in [2.05, 4.69) is 5.10 Å². The van der Waals surface area contributed by atoms with Gasteiger partial charge in [-0.15, -0.1) is 0 Å². The van der Waals surface area contributed by atoms with Crippen LogP contribution in [0.4, 0.5) is 0 Å². The van der Waals surface area contributed by atoms with Crippen molar-refractivity contribution in [2.75, 3.05) is 13.2 Å². The molecule has 1 unspecified atom stereocenters. The minimum Gasteiger partial charge on any atom is -0.464 e. The highest BCUT2D eigenvalue weighted by atomic mass is 16.5. The summed E-state index contributed by atoms with van der Waals surface area (Å²) >= 11 is 0. The van der Waals surface area contributed by atoms with Crippen LogP contribution < -0.4 is 0 Å². The topological polar surface area (TPSA) is 90.7 Å². The van der Waals surface area contributed by atoms with E-state index in [1.165, 1.54) is 4.68 Å². The Balaban J connectivity index is 2.21. The van der Waals surface area contributed by atoms with Crippen LogP contribution >= 0.6 is 0 Å². The molecule has 1 aliphatic carbocycles. The standard InChI is InChI=1S/C16H24N2O5/c1-4-22-16(21)15-12-7-11(19)5-6-13(12)18(17-15)8-14(20)23-9-10(2)3/h10-11,19H,4-9H2,1-3H3. The number of ether oxygens (including phenoxy) is 2. The fourth-order valence-corrected chi connectivity index (χ4v) is 2.59. The summed E-state index contributed by atoms with van der Waals surface area (Å²) in [5.41, 5.74) is 1.68. The van der Waals surface area contributed by atoms with Crippen molar-refractivity contribution in [1.29, 1.82) is 0 Å². The molecular weight excluding hydrogens is 300 g/mol. The van der Waals surface area contributed by atoms with Crippen LogP contribution in [0, 0.1) is 5.92 Å². The molecule has 0 saturated heterocycles. The zero-order valence-corrected chi connectivity index (χ0v) is 13.9. The van der Waals surface area contributed by atoms with Crippen LogP contribution in [0.2, 0.25) is 0 Å². The van der Waals surface area contributed by atoms with Gasteiger partial charge in [0.15, 0.2) is 5.69 Å². The lowest BCUT2D eigenvalue weighted by Crippen LogP contribution is -2.23. The van der Waals surface area contributed by atoms with Gasteiger partial charge in [-0.25, -0.2) is 4.79 Å².